The molecule has 0 unspecified atom stereocenters. The summed E-state index contributed by atoms with van der Waals surface area (Å²) in [6, 6.07) is 11.1. The quantitative estimate of drug-likeness (QED) is 0.614. The summed E-state index contributed by atoms with van der Waals surface area (Å²) in [5, 5.41) is 2.82. The maximum Gasteiger partial charge on any atom is 0.275 e. The Morgan fingerprint density at radius 3 is 2.34 bits per heavy atom. The minimum atomic E-state index is -0.638. The summed E-state index contributed by atoms with van der Waals surface area (Å²) in [4.78, 5) is 15.1. The number of ether oxygens (including phenoxy) is 1. The van der Waals surface area contributed by atoms with Crippen molar-refractivity contribution >= 4 is 5.91 Å². The number of nitrogens with one attached hydrogen (secondary N) is 3. The Labute approximate surface area is 170 Å². The molecule has 1 atom stereocenters. The Morgan fingerprint density at radius 2 is 1.72 bits per heavy atom. The van der Waals surface area contributed by atoms with E-state index in [2.05, 4.69) is 17.4 Å². The number of amides is 1. The molecule has 2 aromatic carbocycles. The van der Waals surface area contributed by atoms with Crippen LogP contribution in [0.2, 0.25) is 0 Å². The maximum atomic E-state index is 13.9. The van der Waals surface area contributed by atoms with Crippen molar-refractivity contribution in [3.63, 3.8) is 0 Å². The number of hydrogen-bond acceptors (Lipinski definition) is 2. The van der Waals surface area contributed by atoms with Gasteiger partial charge in [-0.1, -0.05) is 6.07 Å². The molecule has 3 rings (SSSR count). The van der Waals surface area contributed by atoms with Gasteiger partial charge in [-0.15, -0.1) is 0 Å². The van der Waals surface area contributed by atoms with Crippen LogP contribution in [0.5, 0.6) is 5.75 Å². The van der Waals surface area contributed by atoms with Crippen LogP contribution >= 0.6 is 0 Å². The fourth-order valence-corrected chi connectivity index (χ4v) is 3.79. The number of quaternary nitrogens is 2. The average molecular weight is 405 g/mol. The summed E-state index contributed by atoms with van der Waals surface area (Å²) < 4.78 is 32.1. The molecule has 1 heterocycles. The molecule has 3 N–H and O–H groups in total. The predicted molar refractivity (Wildman–Crippen MR) is 106 cm³/mol. The Morgan fingerprint density at radius 1 is 1.07 bits per heavy atom. The summed E-state index contributed by atoms with van der Waals surface area (Å²) in [5.41, 5.74) is 1.57. The van der Waals surface area contributed by atoms with Gasteiger partial charge in [0.15, 0.2) is 6.54 Å². The van der Waals surface area contributed by atoms with Crippen LogP contribution in [0.15, 0.2) is 42.5 Å². The van der Waals surface area contributed by atoms with Gasteiger partial charge in [-0.25, -0.2) is 8.78 Å². The number of benzene rings is 2. The van der Waals surface area contributed by atoms with E-state index in [1.165, 1.54) is 27.5 Å². The first-order valence-electron chi connectivity index (χ1n) is 9.99. The van der Waals surface area contributed by atoms with Crippen LogP contribution in [0.4, 0.5) is 8.78 Å². The molecule has 7 heteroatoms. The first-order chi connectivity index (χ1) is 13.9. The molecule has 0 spiro atoms. The van der Waals surface area contributed by atoms with Crippen molar-refractivity contribution < 1.29 is 28.1 Å². The fourth-order valence-electron chi connectivity index (χ4n) is 3.79. The number of carbonyl (C=O) groups excluding carboxylic acids is 1. The van der Waals surface area contributed by atoms with E-state index < -0.39 is 17.7 Å². The third-order valence-corrected chi connectivity index (χ3v) is 5.49. The lowest BCUT2D eigenvalue weighted by Crippen LogP contribution is -3.28. The van der Waals surface area contributed by atoms with Crippen molar-refractivity contribution in [1.29, 1.82) is 0 Å². The van der Waals surface area contributed by atoms with Crippen molar-refractivity contribution in [2.75, 3.05) is 39.8 Å². The SMILES string of the molecule is COc1ccc(C[NH+]2CC[NH+](CC(=O)N[C@H](C)c3ccc(F)cc3F)CC2)cc1. The van der Waals surface area contributed by atoms with Crippen LogP contribution in [0.1, 0.15) is 24.1 Å². The molecule has 0 radical (unpaired) electrons. The minimum Gasteiger partial charge on any atom is -0.497 e. The molecule has 0 aromatic heterocycles. The van der Waals surface area contributed by atoms with E-state index in [1.807, 2.05) is 12.1 Å². The summed E-state index contributed by atoms with van der Waals surface area (Å²) in [7, 11) is 1.66. The summed E-state index contributed by atoms with van der Waals surface area (Å²) in [5.74, 6) is -0.515. The normalized spacial score (nSPS) is 20.1. The molecule has 1 amide bonds. The van der Waals surface area contributed by atoms with Crippen LogP contribution in [0.3, 0.4) is 0 Å². The highest BCUT2D eigenvalue weighted by Crippen LogP contribution is 2.17. The van der Waals surface area contributed by atoms with Crippen LogP contribution < -0.4 is 19.9 Å². The monoisotopic (exact) mass is 405 g/mol. The largest absolute Gasteiger partial charge is 0.497 e. The maximum absolute atomic E-state index is 13.9. The second-order valence-electron chi connectivity index (χ2n) is 7.66. The molecule has 1 aliphatic heterocycles. The van der Waals surface area contributed by atoms with Crippen molar-refractivity contribution in [3.05, 3.63) is 65.2 Å². The van der Waals surface area contributed by atoms with Gasteiger partial charge in [0.2, 0.25) is 0 Å². The van der Waals surface area contributed by atoms with E-state index in [-0.39, 0.29) is 5.91 Å². The number of hydrogen-bond donors (Lipinski definition) is 3. The van der Waals surface area contributed by atoms with Crippen LogP contribution in [-0.4, -0.2) is 45.7 Å². The zero-order valence-corrected chi connectivity index (χ0v) is 16.9. The van der Waals surface area contributed by atoms with Crippen LogP contribution in [0.25, 0.3) is 0 Å². The van der Waals surface area contributed by atoms with E-state index >= 15 is 0 Å². The zero-order valence-electron chi connectivity index (χ0n) is 16.9. The van der Waals surface area contributed by atoms with Crippen LogP contribution in [0, 0.1) is 11.6 Å². The summed E-state index contributed by atoms with van der Waals surface area (Å²) in [6.07, 6.45) is 0. The zero-order chi connectivity index (χ0) is 20.8. The highest BCUT2D eigenvalue weighted by Gasteiger charge is 2.25. The second kappa shape index (κ2) is 9.80. The van der Waals surface area contributed by atoms with Gasteiger partial charge in [-0.05, 0) is 37.3 Å². The molecule has 1 fully saturated rings. The Bertz CT molecular complexity index is 821. The second-order valence-corrected chi connectivity index (χ2v) is 7.66. The van der Waals surface area contributed by atoms with Gasteiger partial charge >= 0.3 is 0 Å². The highest BCUT2D eigenvalue weighted by molar-refractivity contribution is 5.77. The molecule has 156 valence electrons. The van der Waals surface area contributed by atoms with Gasteiger partial charge in [-0.2, -0.15) is 0 Å². The molecule has 2 aromatic rings. The fraction of sp³-hybridized carbons (Fsp3) is 0.409. The lowest BCUT2D eigenvalue weighted by atomic mass is 10.1. The molecule has 1 aliphatic rings. The van der Waals surface area contributed by atoms with E-state index in [0.29, 0.717) is 12.1 Å². The van der Waals surface area contributed by atoms with Gasteiger partial charge in [0.1, 0.15) is 50.1 Å². The van der Waals surface area contributed by atoms with Crippen molar-refractivity contribution in [3.8, 4) is 5.75 Å². The number of carbonyl (C=O) groups is 1. The van der Waals surface area contributed by atoms with E-state index in [4.69, 9.17) is 4.74 Å². The molecular weight excluding hydrogens is 376 g/mol. The number of methoxy groups -OCH3 is 1. The molecule has 5 nitrogen and oxygen atoms in total. The molecule has 1 saturated heterocycles. The number of piperazine rings is 1. The standard InChI is InChI=1S/C22H27F2N3O2/c1-16(20-8-5-18(23)13-21(20)24)25-22(28)15-27-11-9-26(10-12-27)14-17-3-6-19(29-2)7-4-17/h3-8,13,16H,9-12,14-15H2,1-2H3,(H,25,28)/p+2/t16-/m1/s1. The Balaban J connectivity index is 1.43. The number of halogens is 2. The Hall–Kier alpha value is -2.51. The average Bonchev–Trinajstić information content (AvgIpc) is 2.70. The van der Waals surface area contributed by atoms with Gasteiger partial charge in [0, 0.05) is 17.2 Å². The lowest BCUT2D eigenvalue weighted by Gasteiger charge is -2.29. The summed E-state index contributed by atoms with van der Waals surface area (Å²) >= 11 is 0. The van der Waals surface area contributed by atoms with Gasteiger partial charge in [0.05, 0.1) is 13.2 Å². The van der Waals surface area contributed by atoms with Crippen LogP contribution in [-0.2, 0) is 11.3 Å². The smallest absolute Gasteiger partial charge is 0.275 e. The van der Waals surface area contributed by atoms with Gasteiger partial charge < -0.3 is 19.9 Å². The predicted octanol–water partition coefficient (Wildman–Crippen LogP) is 0.134. The van der Waals surface area contributed by atoms with E-state index in [1.54, 1.807) is 14.0 Å². The molecule has 0 aliphatic carbocycles. The highest BCUT2D eigenvalue weighted by atomic mass is 19.1. The van der Waals surface area contributed by atoms with Crippen molar-refractivity contribution in [1.82, 2.24) is 5.32 Å². The van der Waals surface area contributed by atoms with Gasteiger partial charge in [0.25, 0.3) is 5.91 Å². The first-order valence-corrected chi connectivity index (χ1v) is 9.99. The lowest BCUT2D eigenvalue weighted by molar-refractivity contribution is -1.02. The minimum absolute atomic E-state index is 0.116. The van der Waals surface area contributed by atoms with Crippen molar-refractivity contribution in [2.45, 2.75) is 19.5 Å². The summed E-state index contributed by atoms with van der Waals surface area (Å²) in [6.45, 7) is 6.86. The molecule has 0 bridgehead atoms. The molecule has 0 saturated carbocycles. The third-order valence-electron chi connectivity index (χ3n) is 5.49. The topological polar surface area (TPSA) is 47.2 Å². The van der Waals surface area contributed by atoms with E-state index in [0.717, 1.165) is 44.5 Å². The van der Waals surface area contributed by atoms with Crippen molar-refractivity contribution in [2.24, 2.45) is 0 Å². The molecular formula is C22H29F2N3O2+2. The number of rotatable bonds is 7. The molecule has 29 heavy (non-hydrogen) atoms. The van der Waals surface area contributed by atoms with Gasteiger partial charge in [-0.3, -0.25) is 4.79 Å². The third kappa shape index (κ3) is 5.98. The Kier molecular flexibility index (Phi) is 7.17. The first kappa shape index (κ1) is 21.2. The van der Waals surface area contributed by atoms with E-state index in [9.17, 15) is 13.6 Å².